The van der Waals surface area contributed by atoms with Crippen LogP contribution >= 0.6 is 23.2 Å². The maximum Gasteiger partial charge on any atom is 0.350 e. The number of nitrogens with two attached hydrogens (primary N) is 1. The van der Waals surface area contributed by atoms with Gasteiger partial charge >= 0.3 is 11.9 Å². The molecule has 1 rings (SSSR count). The molecular weight excluding hydrogens is 378 g/mol. The van der Waals surface area contributed by atoms with Crippen LogP contribution in [-0.2, 0) is 19.1 Å². The zero-order valence-corrected chi connectivity index (χ0v) is 15.3. The number of halogens is 3. The van der Waals surface area contributed by atoms with Crippen LogP contribution in [0.15, 0.2) is 12.7 Å². The molecule has 0 aliphatic carbocycles. The van der Waals surface area contributed by atoms with Crippen LogP contribution in [0.3, 0.4) is 0 Å². The normalized spacial score (nSPS) is 12.2. The van der Waals surface area contributed by atoms with Gasteiger partial charge in [-0.3, -0.25) is 0 Å². The van der Waals surface area contributed by atoms with E-state index >= 15 is 0 Å². The van der Waals surface area contributed by atoms with E-state index in [-0.39, 0.29) is 17.3 Å². The fraction of sp³-hybridized carbons (Fsp3) is 0.400. The fourth-order valence-corrected chi connectivity index (χ4v) is 1.85. The van der Waals surface area contributed by atoms with Gasteiger partial charge in [-0.1, -0.05) is 35.9 Å². The fourth-order valence-electron chi connectivity index (χ4n) is 1.49. The molecule has 0 saturated heterocycles. The highest BCUT2D eigenvalue weighted by molar-refractivity contribution is 6.39. The summed E-state index contributed by atoms with van der Waals surface area (Å²) in [5.41, 5.74) is 3.67. The van der Waals surface area contributed by atoms with Crippen LogP contribution in [0.4, 0.5) is 10.1 Å². The Hall–Kier alpha value is -2.06. The van der Waals surface area contributed by atoms with Crippen molar-refractivity contribution in [2.75, 3.05) is 12.3 Å². The monoisotopic (exact) mass is 394 g/mol. The quantitative estimate of drug-likeness (QED) is 0.430. The topological polar surface area (TPSA) is 101 Å². The number of nitrogens with zero attached hydrogens (tertiary/aromatic N) is 1. The number of esters is 2. The molecular formula is C15H17Cl2FN2O5. The van der Waals surface area contributed by atoms with E-state index in [9.17, 15) is 14.0 Å². The lowest BCUT2D eigenvalue weighted by atomic mass is 10.1. The van der Waals surface area contributed by atoms with Crippen molar-refractivity contribution < 1.29 is 28.2 Å². The average Bonchev–Trinajstić information content (AvgIpc) is 2.54. The lowest BCUT2D eigenvalue weighted by Gasteiger charge is -2.24. The smallest absolute Gasteiger partial charge is 0.350 e. The van der Waals surface area contributed by atoms with Gasteiger partial charge in [0.25, 0.3) is 0 Å². The van der Waals surface area contributed by atoms with Crippen LogP contribution in [0.1, 0.15) is 20.8 Å². The molecule has 0 aliphatic rings. The summed E-state index contributed by atoms with van der Waals surface area (Å²) in [6, 6.07) is 0. The summed E-state index contributed by atoms with van der Waals surface area (Å²) in [4.78, 5) is 27.3. The number of aromatic nitrogens is 1. The third kappa shape index (κ3) is 5.20. The zero-order valence-electron chi connectivity index (χ0n) is 13.8. The summed E-state index contributed by atoms with van der Waals surface area (Å²) in [5.74, 6) is -3.23. The molecule has 10 heteroatoms. The Balaban J connectivity index is 2.84. The molecule has 1 heterocycles. The average molecular weight is 395 g/mol. The molecule has 0 spiro atoms. The predicted octanol–water partition coefficient (Wildman–Crippen LogP) is 2.93. The first-order valence-corrected chi connectivity index (χ1v) is 7.74. The first-order valence-electron chi connectivity index (χ1n) is 6.98. The van der Waals surface area contributed by atoms with Crippen LogP contribution < -0.4 is 10.5 Å². The lowest BCUT2D eigenvalue weighted by Crippen LogP contribution is -2.42. The number of carbonyl (C=O) groups is 2. The Morgan fingerprint density at radius 2 is 2.00 bits per heavy atom. The first-order chi connectivity index (χ1) is 11.5. The summed E-state index contributed by atoms with van der Waals surface area (Å²) in [5, 5.41) is -0.714. The van der Waals surface area contributed by atoms with Gasteiger partial charge in [0.1, 0.15) is 16.7 Å². The van der Waals surface area contributed by atoms with Gasteiger partial charge < -0.3 is 19.9 Å². The predicted molar refractivity (Wildman–Crippen MR) is 90.0 cm³/mol. The van der Waals surface area contributed by atoms with Crippen molar-refractivity contribution in [1.82, 2.24) is 4.98 Å². The van der Waals surface area contributed by atoms with Crippen LogP contribution in [0, 0.1) is 5.95 Å². The summed E-state index contributed by atoms with van der Waals surface area (Å²) in [7, 11) is 0. The molecule has 0 aromatic carbocycles. The number of carbonyl (C=O) groups excluding carboxylic acids is 2. The van der Waals surface area contributed by atoms with Gasteiger partial charge in [-0.05, 0) is 20.8 Å². The molecule has 0 aliphatic heterocycles. The summed E-state index contributed by atoms with van der Waals surface area (Å²) in [6.45, 7) is 7.35. The minimum Gasteiger partial charge on any atom is -0.461 e. The maximum atomic E-state index is 13.5. The largest absolute Gasteiger partial charge is 0.461 e. The third-order valence-corrected chi connectivity index (χ3v) is 3.57. The molecule has 0 radical (unpaired) electrons. The van der Waals surface area contributed by atoms with Crippen molar-refractivity contribution in [2.24, 2.45) is 0 Å². The Kier molecular flexibility index (Phi) is 7.01. The molecule has 7 nitrogen and oxygen atoms in total. The van der Waals surface area contributed by atoms with Gasteiger partial charge in [-0.25, -0.2) is 9.59 Å². The van der Waals surface area contributed by atoms with E-state index in [1.165, 1.54) is 26.8 Å². The molecule has 0 saturated carbocycles. The molecule has 2 N–H and O–H groups in total. The second kappa shape index (κ2) is 8.35. The Labute approximate surface area is 153 Å². The van der Waals surface area contributed by atoms with E-state index in [0.717, 1.165) is 0 Å². The van der Waals surface area contributed by atoms with Gasteiger partial charge in [-0.15, -0.1) is 0 Å². The van der Waals surface area contributed by atoms with E-state index in [0.29, 0.717) is 0 Å². The highest BCUT2D eigenvalue weighted by atomic mass is 35.5. The van der Waals surface area contributed by atoms with Gasteiger partial charge in [0.05, 0.1) is 5.69 Å². The van der Waals surface area contributed by atoms with Crippen LogP contribution in [0.5, 0.6) is 5.88 Å². The van der Waals surface area contributed by atoms with E-state index in [2.05, 4.69) is 11.6 Å². The summed E-state index contributed by atoms with van der Waals surface area (Å²) < 4.78 is 28.6. The molecule has 138 valence electrons. The van der Waals surface area contributed by atoms with Crippen molar-refractivity contribution in [2.45, 2.75) is 32.5 Å². The molecule has 1 aromatic rings. The van der Waals surface area contributed by atoms with Crippen molar-refractivity contribution in [1.29, 1.82) is 0 Å². The first kappa shape index (κ1) is 21.0. The van der Waals surface area contributed by atoms with Gasteiger partial charge in [0.2, 0.25) is 17.4 Å². The Morgan fingerprint density at radius 3 is 2.56 bits per heavy atom. The van der Waals surface area contributed by atoms with E-state index in [1.54, 1.807) is 0 Å². The maximum absolute atomic E-state index is 13.5. The molecule has 0 bridgehead atoms. The van der Waals surface area contributed by atoms with E-state index in [1.807, 2.05) is 0 Å². The third-order valence-electron chi connectivity index (χ3n) is 2.84. The lowest BCUT2D eigenvalue weighted by molar-refractivity contribution is -0.181. The van der Waals surface area contributed by atoms with Crippen LogP contribution in [0.2, 0.25) is 10.0 Å². The molecule has 0 amide bonds. The molecule has 0 fully saturated rings. The molecule has 1 atom stereocenters. The van der Waals surface area contributed by atoms with Crippen molar-refractivity contribution in [3.05, 3.63) is 28.6 Å². The minimum atomic E-state index is -1.57. The number of hydrogen-bond acceptors (Lipinski definition) is 7. The Morgan fingerprint density at radius 1 is 1.40 bits per heavy atom. The van der Waals surface area contributed by atoms with Crippen LogP contribution in [-0.4, -0.2) is 35.2 Å². The zero-order chi connectivity index (χ0) is 19.4. The Bertz CT molecular complexity index is 697. The number of anilines is 1. The second-order valence-electron chi connectivity index (χ2n) is 5.33. The molecule has 25 heavy (non-hydrogen) atoms. The number of pyridine rings is 1. The van der Waals surface area contributed by atoms with Gasteiger partial charge in [-0.2, -0.15) is 9.37 Å². The van der Waals surface area contributed by atoms with Crippen molar-refractivity contribution >= 4 is 40.8 Å². The van der Waals surface area contributed by atoms with Crippen LogP contribution in [0.25, 0.3) is 0 Å². The standard InChI is InChI=1S/C15H17Cl2FN2O5/c1-5-6-23-14(22)15(3,4)25-13(21)7(2)24-12-9(17)10(19)8(16)11(18)20-12/h5,7H,1,6H2,2-4H3,(H2,19,20)/t7-/m1/s1. The summed E-state index contributed by atoms with van der Waals surface area (Å²) in [6.07, 6.45) is 0.103. The second-order valence-corrected chi connectivity index (χ2v) is 6.08. The number of ether oxygens (including phenoxy) is 3. The van der Waals surface area contributed by atoms with Gasteiger partial charge in [0, 0.05) is 0 Å². The molecule has 1 aromatic heterocycles. The SMILES string of the molecule is C=CCOC(=O)C(C)(C)OC(=O)[C@@H](C)Oc1nc(F)c(Cl)c(N)c1Cl. The van der Waals surface area contributed by atoms with Gasteiger partial charge in [0.15, 0.2) is 6.10 Å². The number of rotatable bonds is 7. The molecule has 0 unspecified atom stereocenters. The highest BCUT2D eigenvalue weighted by Gasteiger charge is 2.36. The van der Waals surface area contributed by atoms with Crippen molar-refractivity contribution in [3.63, 3.8) is 0 Å². The minimum absolute atomic E-state index is 0.0330. The van der Waals surface area contributed by atoms with E-state index < -0.39 is 40.5 Å². The number of nitrogen functional groups attached to an aromatic ring is 1. The van der Waals surface area contributed by atoms with Crippen molar-refractivity contribution in [3.8, 4) is 5.88 Å². The summed E-state index contributed by atoms with van der Waals surface area (Å²) >= 11 is 11.4. The van der Waals surface area contributed by atoms with E-state index in [4.69, 9.17) is 43.1 Å². The highest BCUT2D eigenvalue weighted by Crippen LogP contribution is 2.35. The number of hydrogen-bond donors (Lipinski definition) is 1.